The van der Waals surface area contributed by atoms with Crippen LogP contribution in [0.4, 0.5) is 0 Å². The number of hydrogen-bond acceptors (Lipinski definition) is 3. The van der Waals surface area contributed by atoms with Gasteiger partial charge in [-0.2, -0.15) is 0 Å². The molecule has 4 aromatic rings. The van der Waals surface area contributed by atoms with Gasteiger partial charge in [0.25, 0.3) is 5.91 Å². The standard InChI is InChI=1S/C29H30N4O2/c34-27(31-28(22-9-3-1-4-10-22)23-11-5-2-6-12-23)15-16-32-17-19-33(20-18-32)29(35)26-21-24-13-7-8-14-25(24)30-26/h1-14,21,28,30H,15-20H2,(H,31,34). The molecule has 1 saturated heterocycles. The first-order valence-corrected chi connectivity index (χ1v) is 12.2. The van der Waals surface area contributed by atoms with E-state index >= 15 is 0 Å². The number of nitrogens with one attached hydrogen (secondary N) is 2. The van der Waals surface area contributed by atoms with Gasteiger partial charge in [-0.1, -0.05) is 78.9 Å². The summed E-state index contributed by atoms with van der Waals surface area (Å²) in [5.74, 6) is 0.0615. The first kappa shape index (κ1) is 22.9. The lowest BCUT2D eigenvalue weighted by Gasteiger charge is -2.34. The summed E-state index contributed by atoms with van der Waals surface area (Å²) in [4.78, 5) is 33.2. The minimum atomic E-state index is -0.171. The summed E-state index contributed by atoms with van der Waals surface area (Å²) in [5, 5.41) is 4.26. The van der Waals surface area contributed by atoms with Crippen LogP contribution in [0.1, 0.15) is 34.1 Å². The van der Waals surface area contributed by atoms with Crippen molar-refractivity contribution in [1.29, 1.82) is 0 Å². The number of H-pyrrole nitrogens is 1. The van der Waals surface area contributed by atoms with Gasteiger partial charge in [-0.25, -0.2) is 0 Å². The molecule has 6 nitrogen and oxygen atoms in total. The number of carbonyl (C=O) groups is 2. The van der Waals surface area contributed by atoms with Crippen LogP contribution in [-0.2, 0) is 4.79 Å². The molecule has 0 spiro atoms. The molecule has 1 aliphatic heterocycles. The SMILES string of the molecule is O=C(CCN1CCN(C(=O)c2cc3ccccc3[nH]2)CC1)NC(c1ccccc1)c1ccccc1. The summed E-state index contributed by atoms with van der Waals surface area (Å²) in [6.07, 6.45) is 0.423. The Kier molecular flexibility index (Phi) is 6.91. The van der Waals surface area contributed by atoms with Crippen LogP contribution in [0.2, 0.25) is 0 Å². The van der Waals surface area contributed by atoms with Gasteiger partial charge in [0.1, 0.15) is 5.69 Å². The van der Waals surface area contributed by atoms with Crippen molar-refractivity contribution in [2.24, 2.45) is 0 Å². The predicted octanol–water partition coefficient (Wildman–Crippen LogP) is 4.22. The Morgan fingerprint density at radius 2 is 1.40 bits per heavy atom. The van der Waals surface area contributed by atoms with Crippen molar-refractivity contribution in [1.82, 2.24) is 20.1 Å². The number of amides is 2. The lowest BCUT2D eigenvalue weighted by molar-refractivity contribution is -0.122. The van der Waals surface area contributed by atoms with Crippen molar-refractivity contribution in [3.63, 3.8) is 0 Å². The molecule has 2 N–H and O–H groups in total. The highest BCUT2D eigenvalue weighted by atomic mass is 16.2. The van der Waals surface area contributed by atoms with Crippen molar-refractivity contribution in [2.45, 2.75) is 12.5 Å². The molecule has 0 aliphatic carbocycles. The van der Waals surface area contributed by atoms with Gasteiger partial charge in [-0.05, 0) is 23.3 Å². The number of aromatic amines is 1. The quantitative estimate of drug-likeness (QED) is 0.429. The van der Waals surface area contributed by atoms with Gasteiger partial charge >= 0.3 is 0 Å². The smallest absolute Gasteiger partial charge is 0.270 e. The van der Waals surface area contributed by atoms with Gasteiger partial charge in [-0.15, -0.1) is 0 Å². The maximum Gasteiger partial charge on any atom is 0.270 e. The molecule has 0 radical (unpaired) electrons. The van der Waals surface area contributed by atoms with E-state index in [4.69, 9.17) is 0 Å². The molecule has 1 aliphatic rings. The highest BCUT2D eigenvalue weighted by Gasteiger charge is 2.24. The summed E-state index contributed by atoms with van der Waals surface area (Å²) in [7, 11) is 0. The van der Waals surface area contributed by atoms with E-state index in [1.807, 2.05) is 95.9 Å². The summed E-state index contributed by atoms with van der Waals surface area (Å²) >= 11 is 0. The van der Waals surface area contributed by atoms with Gasteiger partial charge in [0.2, 0.25) is 5.91 Å². The van der Waals surface area contributed by atoms with Crippen molar-refractivity contribution < 1.29 is 9.59 Å². The summed E-state index contributed by atoms with van der Waals surface area (Å²) in [6, 6.07) is 29.8. The highest BCUT2D eigenvalue weighted by molar-refractivity contribution is 5.98. The van der Waals surface area contributed by atoms with E-state index in [1.165, 1.54) is 0 Å². The van der Waals surface area contributed by atoms with E-state index in [0.717, 1.165) is 35.1 Å². The Morgan fingerprint density at radius 1 is 0.800 bits per heavy atom. The molecule has 1 aromatic heterocycles. The second kappa shape index (κ2) is 10.6. The molecule has 3 aromatic carbocycles. The van der Waals surface area contributed by atoms with Crippen LogP contribution < -0.4 is 5.32 Å². The van der Waals surface area contributed by atoms with E-state index in [-0.39, 0.29) is 17.9 Å². The lowest BCUT2D eigenvalue weighted by Crippen LogP contribution is -2.49. The van der Waals surface area contributed by atoms with Crippen LogP contribution in [0.25, 0.3) is 10.9 Å². The van der Waals surface area contributed by atoms with Crippen LogP contribution in [0.5, 0.6) is 0 Å². The normalized spacial score (nSPS) is 14.4. The molecule has 2 amide bonds. The molecule has 0 saturated carbocycles. The topological polar surface area (TPSA) is 68.4 Å². The number of aromatic nitrogens is 1. The van der Waals surface area contributed by atoms with Crippen molar-refractivity contribution in [3.8, 4) is 0 Å². The predicted molar refractivity (Wildman–Crippen MR) is 138 cm³/mol. The summed E-state index contributed by atoms with van der Waals surface area (Å²) in [6.45, 7) is 3.52. The monoisotopic (exact) mass is 466 g/mol. The molecule has 178 valence electrons. The zero-order chi connectivity index (χ0) is 24.0. The van der Waals surface area contributed by atoms with Gasteiger partial charge in [-0.3, -0.25) is 14.5 Å². The Labute approximate surface area is 205 Å². The highest BCUT2D eigenvalue weighted by Crippen LogP contribution is 2.22. The first-order chi connectivity index (χ1) is 17.2. The molecule has 6 heteroatoms. The first-order valence-electron chi connectivity index (χ1n) is 12.2. The molecule has 2 heterocycles. The molecule has 0 unspecified atom stereocenters. The van der Waals surface area contributed by atoms with Crippen molar-refractivity contribution >= 4 is 22.7 Å². The van der Waals surface area contributed by atoms with E-state index in [2.05, 4.69) is 15.2 Å². The number of benzene rings is 3. The van der Waals surface area contributed by atoms with Crippen LogP contribution in [0.3, 0.4) is 0 Å². The van der Waals surface area contributed by atoms with Crippen molar-refractivity contribution in [3.05, 3.63) is 108 Å². The third kappa shape index (κ3) is 5.44. The van der Waals surface area contributed by atoms with Crippen LogP contribution in [0, 0.1) is 0 Å². The van der Waals surface area contributed by atoms with Crippen LogP contribution in [0.15, 0.2) is 91.0 Å². The van der Waals surface area contributed by atoms with E-state index in [1.54, 1.807) is 0 Å². The summed E-state index contributed by atoms with van der Waals surface area (Å²) in [5.41, 5.74) is 3.74. The minimum absolute atomic E-state index is 0.0271. The fourth-order valence-corrected chi connectivity index (χ4v) is 4.68. The molecule has 0 bridgehead atoms. The lowest BCUT2D eigenvalue weighted by atomic mass is 9.98. The zero-order valence-corrected chi connectivity index (χ0v) is 19.7. The second-order valence-electron chi connectivity index (χ2n) is 8.98. The fraction of sp³-hybridized carbons (Fsp3) is 0.241. The Balaban J connectivity index is 1.13. The molecular formula is C29H30N4O2. The average Bonchev–Trinajstić information content (AvgIpc) is 3.36. The largest absolute Gasteiger partial charge is 0.351 e. The number of rotatable bonds is 7. The Bertz CT molecular complexity index is 1210. The molecule has 35 heavy (non-hydrogen) atoms. The van der Waals surface area contributed by atoms with Crippen molar-refractivity contribution in [2.75, 3.05) is 32.7 Å². The molecule has 0 atom stereocenters. The fourth-order valence-electron chi connectivity index (χ4n) is 4.68. The number of carbonyl (C=O) groups excluding carboxylic acids is 2. The third-order valence-corrected chi connectivity index (χ3v) is 6.65. The molecule has 1 fully saturated rings. The maximum atomic E-state index is 12.9. The summed E-state index contributed by atoms with van der Waals surface area (Å²) < 4.78 is 0. The number of fused-ring (bicyclic) bond motifs is 1. The van der Waals surface area contributed by atoms with E-state index < -0.39 is 0 Å². The van der Waals surface area contributed by atoms with E-state index in [0.29, 0.717) is 31.7 Å². The third-order valence-electron chi connectivity index (χ3n) is 6.65. The maximum absolute atomic E-state index is 12.9. The zero-order valence-electron chi connectivity index (χ0n) is 19.7. The number of hydrogen-bond donors (Lipinski definition) is 2. The molecular weight excluding hydrogens is 436 g/mol. The van der Waals surface area contributed by atoms with Gasteiger partial charge in [0.05, 0.1) is 6.04 Å². The Hall–Kier alpha value is -3.90. The average molecular weight is 467 g/mol. The van der Waals surface area contributed by atoms with E-state index in [9.17, 15) is 9.59 Å². The van der Waals surface area contributed by atoms with Crippen LogP contribution >= 0.6 is 0 Å². The number of nitrogens with zero attached hydrogens (tertiary/aromatic N) is 2. The van der Waals surface area contributed by atoms with Gasteiger partial charge < -0.3 is 15.2 Å². The number of piperazine rings is 1. The second-order valence-corrected chi connectivity index (χ2v) is 8.98. The Morgan fingerprint density at radius 3 is 2.03 bits per heavy atom. The van der Waals surface area contributed by atoms with Gasteiger partial charge in [0.15, 0.2) is 0 Å². The minimum Gasteiger partial charge on any atom is -0.351 e. The number of para-hydroxylation sites is 1. The van der Waals surface area contributed by atoms with Crippen LogP contribution in [-0.4, -0.2) is 59.3 Å². The van der Waals surface area contributed by atoms with Gasteiger partial charge in [0, 0.05) is 50.0 Å². The molecule has 5 rings (SSSR count).